The van der Waals surface area contributed by atoms with Gasteiger partial charge in [0.15, 0.2) is 0 Å². The number of para-hydroxylation sites is 2. The summed E-state index contributed by atoms with van der Waals surface area (Å²) in [5.41, 5.74) is 8.35. The van der Waals surface area contributed by atoms with Crippen LogP contribution in [0, 0.1) is 0 Å². The Morgan fingerprint density at radius 3 is 1.47 bits per heavy atom. The van der Waals surface area contributed by atoms with Crippen LogP contribution in [0.25, 0.3) is 11.4 Å². The second kappa shape index (κ2) is 9.13. The van der Waals surface area contributed by atoms with E-state index in [1.165, 1.54) is 38.3 Å². The first-order valence-corrected chi connectivity index (χ1v) is 12.3. The molecular formula is C27H36GeN2+. The molecule has 0 atom stereocenters. The van der Waals surface area contributed by atoms with Crippen LogP contribution in [0.3, 0.4) is 0 Å². The fraction of sp³-hybridized carbons (Fsp3) is 0.444. The zero-order valence-corrected chi connectivity index (χ0v) is 21.9. The number of benzene rings is 2. The van der Waals surface area contributed by atoms with Crippen LogP contribution in [-0.2, 0) is 0 Å². The Kier molecular flexibility index (Phi) is 6.96. The molecule has 3 heteroatoms. The van der Waals surface area contributed by atoms with Crippen LogP contribution in [-0.4, -0.2) is 21.1 Å². The summed E-state index contributed by atoms with van der Waals surface area (Å²) in [6.07, 6.45) is 4.51. The molecule has 2 nitrogen and oxygen atoms in total. The SMILES string of the molecule is CC(C)c1cccc(C(C)C)c1-n1cc[n+](-c2c(C(C)C)cccc2C(C)C)[c]1[Ge]. The van der Waals surface area contributed by atoms with Crippen molar-refractivity contribution in [2.75, 3.05) is 0 Å². The fourth-order valence-electron chi connectivity index (χ4n) is 4.33. The number of hydrogen-bond donors (Lipinski definition) is 0. The molecule has 3 rings (SSSR count). The van der Waals surface area contributed by atoms with Crippen molar-refractivity contribution in [2.45, 2.75) is 79.1 Å². The minimum atomic E-state index is 0.475. The summed E-state index contributed by atoms with van der Waals surface area (Å²) in [4.78, 5) is 0. The molecule has 0 aliphatic heterocycles. The third-order valence-corrected chi connectivity index (χ3v) is 7.00. The van der Waals surface area contributed by atoms with Crippen molar-refractivity contribution < 1.29 is 4.57 Å². The molecule has 0 amide bonds. The van der Waals surface area contributed by atoms with Gasteiger partial charge in [0.25, 0.3) is 0 Å². The van der Waals surface area contributed by atoms with Gasteiger partial charge in [0.05, 0.1) is 0 Å². The Morgan fingerprint density at radius 1 is 0.667 bits per heavy atom. The van der Waals surface area contributed by atoms with Gasteiger partial charge >= 0.3 is 192 Å². The zero-order valence-electron chi connectivity index (χ0n) is 19.8. The molecule has 30 heavy (non-hydrogen) atoms. The number of rotatable bonds is 6. The zero-order chi connectivity index (χ0) is 22.2. The summed E-state index contributed by atoms with van der Waals surface area (Å²) in [5, 5.41) is 0. The van der Waals surface area contributed by atoms with E-state index in [2.05, 4.69) is 130 Å². The molecule has 1 heterocycles. The first-order valence-electron chi connectivity index (χ1n) is 11.3. The van der Waals surface area contributed by atoms with Crippen molar-refractivity contribution in [3.05, 3.63) is 71.0 Å². The second-order valence-electron chi connectivity index (χ2n) is 9.55. The van der Waals surface area contributed by atoms with Gasteiger partial charge in [-0.3, -0.25) is 0 Å². The number of nitrogens with zero attached hydrogens (tertiary/aromatic N) is 2. The quantitative estimate of drug-likeness (QED) is 0.313. The standard InChI is InChI=1S/C27H36GeN2/c1-17(2)21-11-9-12-22(18(3)4)25(21)29-15-16-30(27(29)28)26-23(19(5)6)13-10-14-24(26)20(7)8/h9-20H,1-8H3/q+1. The van der Waals surface area contributed by atoms with Crippen LogP contribution in [0.15, 0.2) is 48.8 Å². The van der Waals surface area contributed by atoms with Gasteiger partial charge in [-0.05, 0) is 0 Å². The summed E-state index contributed by atoms with van der Waals surface area (Å²) in [6, 6.07) is 13.6. The predicted octanol–water partition coefficient (Wildman–Crippen LogP) is 6.04. The van der Waals surface area contributed by atoms with E-state index in [0.29, 0.717) is 23.7 Å². The van der Waals surface area contributed by atoms with E-state index in [9.17, 15) is 0 Å². The van der Waals surface area contributed by atoms with Gasteiger partial charge in [0.1, 0.15) is 0 Å². The molecular weight excluding hydrogens is 425 g/mol. The molecule has 0 aliphatic carbocycles. The molecule has 0 spiro atoms. The van der Waals surface area contributed by atoms with Crippen LogP contribution < -0.4 is 9.22 Å². The van der Waals surface area contributed by atoms with Crippen LogP contribution in [0.5, 0.6) is 0 Å². The van der Waals surface area contributed by atoms with Crippen molar-refractivity contribution in [3.63, 3.8) is 0 Å². The van der Waals surface area contributed by atoms with E-state index in [1.807, 2.05) is 0 Å². The first-order chi connectivity index (χ1) is 14.1. The molecule has 0 N–H and O–H groups in total. The molecule has 157 valence electrons. The van der Waals surface area contributed by atoms with Gasteiger partial charge in [-0.1, -0.05) is 0 Å². The molecule has 1 aromatic heterocycles. The van der Waals surface area contributed by atoms with E-state index in [1.54, 1.807) is 0 Å². The third kappa shape index (κ3) is 4.16. The monoisotopic (exact) mass is 462 g/mol. The van der Waals surface area contributed by atoms with Crippen LogP contribution in [0.1, 0.15) is 101 Å². The Morgan fingerprint density at radius 2 is 1.07 bits per heavy atom. The Balaban J connectivity index is 2.32. The summed E-state index contributed by atoms with van der Waals surface area (Å²) in [5.74, 6) is 1.90. The molecule has 3 radical (unpaired) electrons. The number of hydrogen-bond acceptors (Lipinski definition) is 0. The van der Waals surface area contributed by atoms with Gasteiger partial charge in [-0.2, -0.15) is 0 Å². The van der Waals surface area contributed by atoms with Gasteiger partial charge in [-0.25, -0.2) is 0 Å². The van der Waals surface area contributed by atoms with Crippen molar-refractivity contribution in [1.29, 1.82) is 0 Å². The minimum absolute atomic E-state index is 0.475. The average Bonchev–Trinajstić information content (AvgIpc) is 3.07. The molecule has 2 aromatic carbocycles. The van der Waals surface area contributed by atoms with E-state index in [4.69, 9.17) is 0 Å². The summed E-state index contributed by atoms with van der Waals surface area (Å²) in [6.45, 7) is 18.3. The molecule has 0 aliphatic rings. The molecule has 0 fully saturated rings. The molecule has 0 unspecified atom stereocenters. The Labute approximate surface area is 191 Å². The Bertz CT molecular complexity index is 892. The predicted molar refractivity (Wildman–Crippen MR) is 129 cm³/mol. The summed E-state index contributed by atoms with van der Waals surface area (Å²) >= 11 is 2.25. The third-order valence-electron chi connectivity index (χ3n) is 5.99. The molecule has 0 saturated carbocycles. The van der Waals surface area contributed by atoms with Crippen molar-refractivity contribution >= 4 is 21.2 Å². The second-order valence-corrected chi connectivity index (χ2v) is 10.5. The van der Waals surface area contributed by atoms with Gasteiger partial charge in [-0.15, -0.1) is 0 Å². The van der Waals surface area contributed by atoms with E-state index >= 15 is 0 Å². The summed E-state index contributed by atoms with van der Waals surface area (Å²) < 4.78 is 6.07. The van der Waals surface area contributed by atoms with Crippen LogP contribution >= 0.6 is 0 Å². The molecule has 0 saturated heterocycles. The van der Waals surface area contributed by atoms with Crippen molar-refractivity contribution in [2.24, 2.45) is 0 Å². The fourth-order valence-corrected chi connectivity index (χ4v) is 5.11. The maximum absolute atomic E-state index is 2.41. The molecule has 0 bridgehead atoms. The van der Waals surface area contributed by atoms with Gasteiger partial charge in [0, 0.05) is 0 Å². The molecule has 3 aromatic rings. The van der Waals surface area contributed by atoms with E-state index < -0.39 is 0 Å². The van der Waals surface area contributed by atoms with Crippen LogP contribution in [0.2, 0.25) is 0 Å². The summed E-state index contributed by atoms with van der Waals surface area (Å²) in [7, 11) is 0. The topological polar surface area (TPSA) is 8.81 Å². The number of imidazole rings is 1. The maximum atomic E-state index is 2.41. The van der Waals surface area contributed by atoms with Gasteiger partial charge in [0.2, 0.25) is 0 Å². The first kappa shape index (κ1) is 22.9. The van der Waals surface area contributed by atoms with Crippen molar-refractivity contribution in [3.8, 4) is 11.4 Å². The van der Waals surface area contributed by atoms with Gasteiger partial charge < -0.3 is 0 Å². The average molecular weight is 461 g/mol. The van der Waals surface area contributed by atoms with E-state index in [-0.39, 0.29) is 0 Å². The van der Waals surface area contributed by atoms with Crippen LogP contribution in [0.4, 0.5) is 0 Å². The normalized spacial score (nSPS) is 12.0. The number of aromatic nitrogens is 2. The van der Waals surface area contributed by atoms with E-state index in [0.717, 1.165) is 0 Å². The Hall–Kier alpha value is -1.81. The van der Waals surface area contributed by atoms with Crippen molar-refractivity contribution in [1.82, 2.24) is 4.57 Å².